The third-order valence-electron chi connectivity index (χ3n) is 2.52. The van der Waals surface area contributed by atoms with Crippen LogP contribution in [-0.4, -0.2) is 39.3 Å². The number of nitrogens with one attached hydrogen (secondary N) is 2. The van der Waals surface area contributed by atoms with E-state index in [1.807, 2.05) is 24.3 Å². The van der Waals surface area contributed by atoms with Crippen molar-refractivity contribution in [1.29, 1.82) is 0 Å². The summed E-state index contributed by atoms with van der Waals surface area (Å²) in [7, 11) is 1.60. The van der Waals surface area contributed by atoms with Gasteiger partial charge in [-0.1, -0.05) is 13.8 Å². The van der Waals surface area contributed by atoms with E-state index < -0.39 is 0 Å². The molecule has 1 aromatic rings. The number of carbonyl (C=O) groups excluding carboxylic acids is 1. The predicted octanol–water partition coefficient (Wildman–Crippen LogP) is 1.90. The van der Waals surface area contributed by atoms with E-state index in [1.54, 1.807) is 7.11 Å². The molecular formula is C15H24N2O3. The van der Waals surface area contributed by atoms with Crippen molar-refractivity contribution < 1.29 is 14.3 Å². The molecule has 0 saturated heterocycles. The van der Waals surface area contributed by atoms with Crippen LogP contribution in [0.4, 0.5) is 5.69 Å². The van der Waals surface area contributed by atoms with Gasteiger partial charge >= 0.3 is 0 Å². The van der Waals surface area contributed by atoms with Crippen molar-refractivity contribution in [2.45, 2.75) is 13.8 Å². The van der Waals surface area contributed by atoms with E-state index in [0.29, 0.717) is 25.7 Å². The minimum absolute atomic E-state index is 0.0535. The summed E-state index contributed by atoms with van der Waals surface area (Å²) in [5.74, 6) is 1.29. The summed E-state index contributed by atoms with van der Waals surface area (Å²) in [6.07, 6.45) is 0. The van der Waals surface area contributed by atoms with Crippen LogP contribution in [0.15, 0.2) is 24.3 Å². The lowest BCUT2D eigenvalue weighted by Gasteiger charge is -2.10. The highest BCUT2D eigenvalue weighted by Crippen LogP contribution is 2.16. The lowest BCUT2D eigenvalue weighted by atomic mass is 10.2. The second-order valence-electron chi connectivity index (χ2n) is 4.93. The molecule has 1 rings (SSSR count). The number of methoxy groups -OCH3 is 1. The second kappa shape index (κ2) is 9.20. The number of ether oxygens (including phenoxy) is 2. The zero-order valence-electron chi connectivity index (χ0n) is 12.4. The summed E-state index contributed by atoms with van der Waals surface area (Å²) < 4.78 is 10.5. The Hall–Kier alpha value is -1.75. The molecule has 0 spiro atoms. The first-order valence-corrected chi connectivity index (χ1v) is 6.84. The minimum Gasteiger partial charge on any atom is -0.493 e. The molecule has 112 valence electrons. The minimum atomic E-state index is -0.0535. The Morgan fingerprint density at radius 3 is 2.55 bits per heavy atom. The predicted molar refractivity (Wildman–Crippen MR) is 80.2 cm³/mol. The van der Waals surface area contributed by atoms with E-state index in [-0.39, 0.29) is 12.5 Å². The van der Waals surface area contributed by atoms with Crippen molar-refractivity contribution in [3.05, 3.63) is 24.3 Å². The fourth-order valence-electron chi connectivity index (χ4n) is 1.47. The molecule has 0 fully saturated rings. The summed E-state index contributed by atoms with van der Waals surface area (Å²) in [4.78, 5) is 11.5. The van der Waals surface area contributed by atoms with Crippen molar-refractivity contribution in [3.63, 3.8) is 0 Å². The topological polar surface area (TPSA) is 59.6 Å². The smallest absolute Gasteiger partial charge is 0.239 e. The van der Waals surface area contributed by atoms with Gasteiger partial charge in [-0.05, 0) is 30.2 Å². The normalized spacial score (nSPS) is 10.4. The van der Waals surface area contributed by atoms with Crippen LogP contribution in [0.5, 0.6) is 5.75 Å². The molecule has 2 N–H and O–H groups in total. The van der Waals surface area contributed by atoms with Gasteiger partial charge in [0.2, 0.25) is 5.91 Å². The highest BCUT2D eigenvalue weighted by molar-refractivity contribution is 5.80. The van der Waals surface area contributed by atoms with Gasteiger partial charge in [0.1, 0.15) is 5.75 Å². The Morgan fingerprint density at radius 1 is 1.25 bits per heavy atom. The highest BCUT2D eigenvalue weighted by atomic mass is 16.5. The van der Waals surface area contributed by atoms with Crippen molar-refractivity contribution in [1.82, 2.24) is 5.32 Å². The van der Waals surface area contributed by atoms with Gasteiger partial charge in [0.05, 0.1) is 19.8 Å². The summed E-state index contributed by atoms with van der Waals surface area (Å²) in [6, 6.07) is 7.59. The standard InChI is InChI=1S/C15H24N2O3/c1-12(2)11-20-14-6-4-13(5-7-14)17-10-15(18)16-8-9-19-3/h4-7,12,17H,8-11H2,1-3H3,(H,16,18). The molecule has 5 nitrogen and oxygen atoms in total. The first-order chi connectivity index (χ1) is 9.61. The van der Waals surface area contributed by atoms with E-state index in [2.05, 4.69) is 24.5 Å². The van der Waals surface area contributed by atoms with E-state index in [1.165, 1.54) is 0 Å². The molecular weight excluding hydrogens is 256 g/mol. The average molecular weight is 280 g/mol. The van der Waals surface area contributed by atoms with Gasteiger partial charge in [-0.2, -0.15) is 0 Å². The SMILES string of the molecule is COCCNC(=O)CNc1ccc(OCC(C)C)cc1. The molecule has 1 amide bonds. The monoisotopic (exact) mass is 280 g/mol. The average Bonchev–Trinajstić information content (AvgIpc) is 2.44. The molecule has 20 heavy (non-hydrogen) atoms. The van der Waals surface area contributed by atoms with E-state index in [0.717, 1.165) is 11.4 Å². The highest BCUT2D eigenvalue weighted by Gasteiger charge is 2.01. The maximum absolute atomic E-state index is 11.5. The summed E-state index contributed by atoms with van der Waals surface area (Å²) in [5, 5.41) is 5.80. The molecule has 0 aromatic heterocycles. The van der Waals surface area contributed by atoms with Crippen LogP contribution in [0.2, 0.25) is 0 Å². The second-order valence-corrected chi connectivity index (χ2v) is 4.93. The Morgan fingerprint density at radius 2 is 1.95 bits per heavy atom. The fraction of sp³-hybridized carbons (Fsp3) is 0.533. The van der Waals surface area contributed by atoms with E-state index in [9.17, 15) is 4.79 Å². The Kier molecular flexibility index (Phi) is 7.50. The lowest BCUT2D eigenvalue weighted by Crippen LogP contribution is -2.32. The molecule has 0 aliphatic rings. The first kappa shape index (κ1) is 16.3. The van der Waals surface area contributed by atoms with Gasteiger partial charge in [-0.15, -0.1) is 0 Å². The van der Waals surface area contributed by atoms with Crippen LogP contribution in [0.3, 0.4) is 0 Å². The summed E-state index contributed by atoms with van der Waals surface area (Å²) in [6.45, 7) is 6.22. The largest absolute Gasteiger partial charge is 0.493 e. The Balaban J connectivity index is 2.28. The number of carbonyl (C=O) groups is 1. The van der Waals surface area contributed by atoms with Crippen molar-refractivity contribution in [2.75, 3.05) is 38.7 Å². The quantitative estimate of drug-likeness (QED) is 0.678. The molecule has 0 aliphatic carbocycles. The molecule has 0 radical (unpaired) electrons. The molecule has 0 saturated carbocycles. The maximum atomic E-state index is 11.5. The summed E-state index contributed by atoms with van der Waals surface area (Å²) in [5.41, 5.74) is 0.892. The van der Waals surface area contributed by atoms with Crippen molar-refractivity contribution in [2.24, 2.45) is 5.92 Å². The lowest BCUT2D eigenvalue weighted by molar-refractivity contribution is -0.119. The van der Waals surface area contributed by atoms with Crippen LogP contribution in [0.25, 0.3) is 0 Å². The number of anilines is 1. The Bertz CT molecular complexity index is 391. The Labute approximate surface area is 120 Å². The van der Waals surface area contributed by atoms with E-state index >= 15 is 0 Å². The molecule has 5 heteroatoms. The molecule has 0 bridgehead atoms. The van der Waals surface area contributed by atoms with Gasteiger partial charge in [0.15, 0.2) is 0 Å². The summed E-state index contributed by atoms with van der Waals surface area (Å²) >= 11 is 0. The van der Waals surface area contributed by atoms with Gasteiger partial charge in [-0.3, -0.25) is 4.79 Å². The zero-order chi connectivity index (χ0) is 14.8. The van der Waals surface area contributed by atoms with Gasteiger partial charge in [0, 0.05) is 19.3 Å². The molecule has 0 unspecified atom stereocenters. The number of rotatable bonds is 9. The zero-order valence-corrected chi connectivity index (χ0v) is 12.4. The first-order valence-electron chi connectivity index (χ1n) is 6.84. The van der Waals surface area contributed by atoms with Crippen LogP contribution in [0, 0.1) is 5.92 Å². The van der Waals surface area contributed by atoms with Gasteiger partial charge in [-0.25, -0.2) is 0 Å². The molecule has 0 atom stereocenters. The van der Waals surface area contributed by atoms with Crippen LogP contribution < -0.4 is 15.4 Å². The van der Waals surface area contributed by atoms with Crippen molar-refractivity contribution in [3.8, 4) is 5.75 Å². The van der Waals surface area contributed by atoms with E-state index in [4.69, 9.17) is 9.47 Å². The molecule has 1 aromatic carbocycles. The third-order valence-corrected chi connectivity index (χ3v) is 2.52. The molecule has 0 aliphatic heterocycles. The molecule has 0 heterocycles. The van der Waals surface area contributed by atoms with Gasteiger partial charge < -0.3 is 20.1 Å². The van der Waals surface area contributed by atoms with Crippen molar-refractivity contribution >= 4 is 11.6 Å². The third kappa shape index (κ3) is 6.99. The van der Waals surface area contributed by atoms with Crippen LogP contribution >= 0.6 is 0 Å². The maximum Gasteiger partial charge on any atom is 0.239 e. The van der Waals surface area contributed by atoms with Crippen LogP contribution in [0.1, 0.15) is 13.8 Å². The number of amides is 1. The fourth-order valence-corrected chi connectivity index (χ4v) is 1.47. The number of hydrogen-bond donors (Lipinski definition) is 2. The van der Waals surface area contributed by atoms with Crippen LogP contribution in [-0.2, 0) is 9.53 Å². The number of hydrogen-bond acceptors (Lipinski definition) is 4. The van der Waals surface area contributed by atoms with Gasteiger partial charge in [0.25, 0.3) is 0 Å². The number of benzene rings is 1.